The van der Waals surface area contributed by atoms with Gasteiger partial charge in [0, 0.05) is 41.1 Å². The summed E-state index contributed by atoms with van der Waals surface area (Å²) in [7, 11) is 0. The molecule has 3 aromatic rings. The molecule has 0 unspecified atom stereocenters. The summed E-state index contributed by atoms with van der Waals surface area (Å²) in [4.78, 5) is 20.3. The minimum atomic E-state index is -0.0649. The zero-order chi connectivity index (χ0) is 18.2. The number of benzene rings is 1. The van der Waals surface area contributed by atoms with Crippen LogP contribution in [0.5, 0.6) is 0 Å². The summed E-state index contributed by atoms with van der Waals surface area (Å²) in [6.07, 6.45) is 5.46. The maximum Gasteiger partial charge on any atom is 0.251 e. The van der Waals surface area contributed by atoms with Gasteiger partial charge in [-0.1, -0.05) is 20.8 Å². The van der Waals surface area contributed by atoms with E-state index >= 15 is 0 Å². The molecule has 2 N–H and O–H groups in total. The molecule has 5 nitrogen and oxygen atoms in total. The molecule has 3 rings (SSSR count). The van der Waals surface area contributed by atoms with Gasteiger partial charge in [0.15, 0.2) is 0 Å². The van der Waals surface area contributed by atoms with E-state index in [-0.39, 0.29) is 17.4 Å². The van der Waals surface area contributed by atoms with E-state index in [4.69, 9.17) is 0 Å². The minimum absolute atomic E-state index is 0.000968. The van der Waals surface area contributed by atoms with Gasteiger partial charge in [-0.2, -0.15) is 0 Å². The Kier molecular flexibility index (Phi) is 4.41. The molecule has 0 spiro atoms. The van der Waals surface area contributed by atoms with E-state index < -0.39 is 0 Å². The molecular formula is C20H26N4O. The standard InChI is InChI=1S/C20H26N4O/c1-13-14(2)22-17-7-6-15(10-16(13)17)19(25)23-18(20(3,4)5)11-24-9-8-21-12-24/h6-10,12,18,22H,11H2,1-5H3,(H,23,25)/t18-/m0/s1. The maximum atomic E-state index is 12.8. The van der Waals surface area contributed by atoms with Gasteiger partial charge >= 0.3 is 0 Å². The summed E-state index contributed by atoms with van der Waals surface area (Å²) in [5.74, 6) is -0.0415. The number of hydrogen-bond donors (Lipinski definition) is 2. The quantitative estimate of drug-likeness (QED) is 0.759. The van der Waals surface area contributed by atoms with Crippen LogP contribution in [0.25, 0.3) is 10.9 Å². The first-order valence-corrected chi connectivity index (χ1v) is 8.61. The van der Waals surface area contributed by atoms with Gasteiger partial charge in [-0.25, -0.2) is 4.98 Å². The van der Waals surface area contributed by atoms with E-state index in [9.17, 15) is 4.79 Å². The Balaban J connectivity index is 1.84. The monoisotopic (exact) mass is 338 g/mol. The molecule has 132 valence electrons. The van der Waals surface area contributed by atoms with E-state index in [0.29, 0.717) is 12.1 Å². The van der Waals surface area contributed by atoms with Crippen molar-refractivity contribution < 1.29 is 4.79 Å². The summed E-state index contributed by atoms with van der Waals surface area (Å²) in [5, 5.41) is 4.31. The highest BCUT2D eigenvalue weighted by Crippen LogP contribution is 2.24. The molecule has 2 aromatic heterocycles. The summed E-state index contributed by atoms with van der Waals surface area (Å²) in [6, 6.07) is 5.83. The van der Waals surface area contributed by atoms with Crippen molar-refractivity contribution in [2.45, 2.75) is 47.2 Å². The number of hydrogen-bond acceptors (Lipinski definition) is 2. The van der Waals surface area contributed by atoms with E-state index in [2.05, 4.69) is 49.9 Å². The van der Waals surface area contributed by atoms with Crippen molar-refractivity contribution in [3.05, 3.63) is 53.7 Å². The molecule has 1 amide bonds. The highest BCUT2D eigenvalue weighted by atomic mass is 16.1. The Labute approximate surface area is 148 Å². The molecule has 0 aliphatic carbocycles. The average Bonchev–Trinajstić information content (AvgIpc) is 3.14. The van der Waals surface area contributed by atoms with Gasteiger partial charge < -0.3 is 14.9 Å². The Morgan fingerprint density at radius 3 is 2.72 bits per heavy atom. The van der Waals surface area contributed by atoms with Crippen LogP contribution in [0.3, 0.4) is 0 Å². The van der Waals surface area contributed by atoms with Gasteiger partial charge in [-0.15, -0.1) is 0 Å². The third-order valence-electron chi connectivity index (χ3n) is 4.87. The fourth-order valence-corrected chi connectivity index (χ4v) is 2.99. The second-order valence-electron chi connectivity index (χ2n) is 7.79. The lowest BCUT2D eigenvalue weighted by atomic mass is 9.86. The molecule has 1 aromatic carbocycles. The predicted octanol–water partition coefficient (Wildman–Crippen LogP) is 3.83. The van der Waals surface area contributed by atoms with Gasteiger partial charge in [-0.05, 0) is 43.0 Å². The third kappa shape index (κ3) is 3.60. The highest BCUT2D eigenvalue weighted by molar-refractivity contribution is 5.99. The molecule has 0 aliphatic rings. The number of nitrogens with one attached hydrogen (secondary N) is 2. The number of aromatic amines is 1. The number of carbonyl (C=O) groups is 1. The molecule has 0 saturated carbocycles. The number of imidazole rings is 1. The molecule has 5 heteroatoms. The first-order chi connectivity index (χ1) is 11.8. The second kappa shape index (κ2) is 6.39. The summed E-state index contributed by atoms with van der Waals surface area (Å²) < 4.78 is 2.00. The lowest BCUT2D eigenvalue weighted by Crippen LogP contribution is -2.46. The Morgan fingerprint density at radius 2 is 2.08 bits per heavy atom. The lowest BCUT2D eigenvalue weighted by molar-refractivity contribution is 0.0892. The van der Waals surface area contributed by atoms with E-state index in [1.807, 2.05) is 29.0 Å². The first kappa shape index (κ1) is 17.3. The zero-order valence-corrected chi connectivity index (χ0v) is 15.6. The number of amides is 1. The van der Waals surface area contributed by atoms with Gasteiger partial charge in [-0.3, -0.25) is 4.79 Å². The van der Waals surface area contributed by atoms with Crippen molar-refractivity contribution in [1.82, 2.24) is 19.9 Å². The molecule has 0 aliphatic heterocycles. The molecule has 0 saturated heterocycles. The van der Waals surface area contributed by atoms with Crippen molar-refractivity contribution in [2.75, 3.05) is 0 Å². The molecule has 2 heterocycles. The van der Waals surface area contributed by atoms with E-state index in [1.165, 1.54) is 5.56 Å². The van der Waals surface area contributed by atoms with Crippen molar-refractivity contribution in [2.24, 2.45) is 5.41 Å². The SMILES string of the molecule is Cc1[nH]c2ccc(C(=O)N[C@@H](Cn3ccnc3)C(C)(C)C)cc2c1C. The van der Waals surface area contributed by atoms with Gasteiger partial charge in [0.1, 0.15) is 0 Å². The van der Waals surface area contributed by atoms with Crippen LogP contribution in [0.4, 0.5) is 0 Å². The Hall–Kier alpha value is -2.56. The van der Waals surface area contributed by atoms with Crippen LogP contribution < -0.4 is 5.32 Å². The minimum Gasteiger partial charge on any atom is -0.358 e. The van der Waals surface area contributed by atoms with E-state index in [0.717, 1.165) is 16.6 Å². The van der Waals surface area contributed by atoms with Crippen molar-refractivity contribution in [1.29, 1.82) is 0 Å². The number of aromatic nitrogens is 3. The predicted molar refractivity (Wildman–Crippen MR) is 101 cm³/mol. The van der Waals surface area contributed by atoms with Crippen LogP contribution >= 0.6 is 0 Å². The van der Waals surface area contributed by atoms with Crippen LogP contribution in [0, 0.1) is 19.3 Å². The van der Waals surface area contributed by atoms with E-state index in [1.54, 1.807) is 12.5 Å². The number of fused-ring (bicyclic) bond motifs is 1. The van der Waals surface area contributed by atoms with Crippen LogP contribution in [0.2, 0.25) is 0 Å². The highest BCUT2D eigenvalue weighted by Gasteiger charge is 2.27. The number of rotatable bonds is 4. The molecule has 0 fully saturated rings. The lowest BCUT2D eigenvalue weighted by Gasteiger charge is -2.31. The number of H-pyrrole nitrogens is 1. The summed E-state index contributed by atoms with van der Waals surface area (Å²) >= 11 is 0. The molecule has 0 bridgehead atoms. The average molecular weight is 338 g/mol. The number of aryl methyl sites for hydroxylation is 2. The molecular weight excluding hydrogens is 312 g/mol. The van der Waals surface area contributed by atoms with Crippen LogP contribution in [0.15, 0.2) is 36.9 Å². The zero-order valence-electron chi connectivity index (χ0n) is 15.6. The third-order valence-corrected chi connectivity index (χ3v) is 4.87. The topological polar surface area (TPSA) is 62.7 Å². The van der Waals surface area contributed by atoms with Crippen LogP contribution in [0.1, 0.15) is 42.4 Å². The fourth-order valence-electron chi connectivity index (χ4n) is 2.99. The molecule has 25 heavy (non-hydrogen) atoms. The largest absolute Gasteiger partial charge is 0.358 e. The summed E-state index contributed by atoms with van der Waals surface area (Å²) in [5.41, 5.74) is 4.02. The smallest absolute Gasteiger partial charge is 0.251 e. The Morgan fingerprint density at radius 1 is 1.32 bits per heavy atom. The van der Waals surface area contributed by atoms with Crippen LogP contribution in [-0.4, -0.2) is 26.5 Å². The molecule has 1 atom stereocenters. The van der Waals surface area contributed by atoms with Gasteiger partial charge in [0.2, 0.25) is 0 Å². The number of carbonyl (C=O) groups excluding carboxylic acids is 1. The van der Waals surface area contributed by atoms with Gasteiger partial charge in [0.05, 0.1) is 12.4 Å². The Bertz CT molecular complexity index is 884. The van der Waals surface area contributed by atoms with Gasteiger partial charge in [0.25, 0.3) is 5.91 Å². The molecule has 0 radical (unpaired) electrons. The van der Waals surface area contributed by atoms with Crippen LogP contribution in [-0.2, 0) is 6.54 Å². The maximum absolute atomic E-state index is 12.8. The first-order valence-electron chi connectivity index (χ1n) is 8.61. The summed E-state index contributed by atoms with van der Waals surface area (Å²) in [6.45, 7) is 11.2. The second-order valence-corrected chi connectivity index (χ2v) is 7.79. The van der Waals surface area contributed by atoms with Crippen molar-refractivity contribution >= 4 is 16.8 Å². The fraction of sp³-hybridized carbons (Fsp3) is 0.400. The van der Waals surface area contributed by atoms with Crippen molar-refractivity contribution in [3.8, 4) is 0 Å². The number of nitrogens with zero attached hydrogens (tertiary/aromatic N) is 2. The van der Waals surface area contributed by atoms with Crippen molar-refractivity contribution in [3.63, 3.8) is 0 Å². The normalized spacial score (nSPS) is 13.2.